The average molecular weight is 479 g/mol. The van der Waals surface area contributed by atoms with Gasteiger partial charge in [0.2, 0.25) is 5.78 Å². The first-order valence-corrected chi connectivity index (χ1v) is 12.1. The molecule has 0 spiro atoms. The fourth-order valence-corrected chi connectivity index (χ4v) is 4.91. The molecule has 35 heavy (non-hydrogen) atoms. The molecule has 0 bridgehead atoms. The minimum Gasteiger partial charge on any atom is -0.462 e. The zero-order chi connectivity index (χ0) is 24.7. The second-order valence-electron chi connectivity index (χ2n) is 9.03. The third-order valence-electron chi connectivity index (χ3n) is 6.75. The Labute approximate surface area is 202 Å². The van der Waals surface area contributed by atoms with E-state index in [1.165, 1.54) is 15.6 Å². The Morgan fingerprint density at radius 2 is 1.77 bits per heavy atom. The van der Waals surface area contributed by atoms with Crippen LogP contribution in [0.1, 0.15) is 42.2 Å². The van der Waals surface area contributed by atoms with Gasteiger partial charge in [-0.25, -0.2) is 9.59 Å². The van der Waals surface area contributed by atoms with Gasteiger partial charge in [0.15, 0.2) is 11.2 Å². The number of likely N-dealkylation sites (tertiary alicyclic amines) is 1. The first-order valence-electron chi connectivity index (χ1n) is 12.1. The zero-order valence-corrected chi connectivity index (χ0v) is 20.4. The summed E-state index contributed by atoms with van der Waals surface area (Å²) in [6.45, 7) is 7.04. The van der Waals surface area contributed by atoms with Crippen molar-refractivity contribution in [2.75, 3.05) is 26.2 Å². The lowest BCUT2D eigenvalue weighted by Crippen LogP contribution is -2.43. The second-order valence-corrected chi connectivity index (χ2v) is 9.03. The standard InChI is InChI=1S/C25H30N6O4/c1-4-35-23(33)18-8-10-19(11-9-18)31-17(2)16-30-20-21(26-24(30)31)27(3)25(34)29(22(20)32)15-14-28-12-6-5-7-13-28/h8-11,16H,4-7,12-15H2,1-3H3. The summed E-state index contributed by atoms with van der Waals surface area (Å²) in [6.07, 6.45) is 5.40. The van der Waals surface area contributed by atoms with Crippen LogP contribution < -0.4 is 11.2 Å². The largest absolute Gasteiger partial charge is 0.462 e. The number of hydrogen-bond acceptors (Lipinski definition) is 6. The van der Waals surface area contributed by atoms with Gasteiger partial charge in [0.05, 0.1) is 12.2 Å². The lowest BCUT2D eigenvalue weighted by atomic mass is 10.1. The molecule has 0 unspecified atom stereocenters. The van der Waals surface area contributed by atoms with Gasteiger partial charge in [0, 0.05) is 37.7 Å². The van der Waals surface area contributed by atoms with Crippen molar-refractivity contribution in [3.8, 4) is 5.69 Å². The van der Waals surface area contributed by atoms with Crippen molar-refractivity contribution in [1.82, 2.24) is 28.0 Å². The van der Waals surface area contributed by atoms with E-state index in [0.29, 0.717) is 42.2 Å². The highest BCUT2D eigenvalue weighted by atomic mass is 16.5. The van der Waals surface area contributed by atoms with Crippen molar-refractivity contribution in [3.05, 3.63) is 62.6 Å². The summed E-state index contributed by atoms with van der Waals surface area (Å²) in [7, 11) is 1.65. The van der Waals surface area contributed by atoms with E-state index in [4.69, 9.17) is 4.74 Å². The van der Waals surface area contributed by atoms with Gasteiger partial charge in [-0.05, 0) is 64.0 Å². The van der Waals surface area contributed by atoms with Crippen molar-refractivity contribution in [1.29, 1.82) is 0 Å². The smallest absolute Gasteiger partial charge is 0.338 e. The lowest BCUT2D eigenvalue weighted by molar-refractivity contribution is 0.0526. The zero-order valence-electron chi connectivity index (χ0n) is 20.4. The molecule has 10 heteroatoms. The maximum absolute atomic E-state index is 13.5. The molecule has 0 atom stereocenters. The predicted molar refractivity (Wildman–Crippen MR) is 133 cm³/mol. The van der Waals surface area contributed by atoms with Crippen LogP contribution in [0.5, 0.6) is 0 Å². The molecule has 1 aliphatic rings. The van der Waals surface area contributed by atoms with Gasteiger partial charge in [-0.1, -0.05) is 6.42 Å². The van der Waals surface area contributed by atoms with Crippen LogP contribution in [-0.2, 0) is 18.3 Å². The van der Waals surface area contributed by atoms with Crippen molar-refractivity contribution in [3.63, 3.8) is 0 Å². The first-order chi connectivity index (χ1) is 16.9. The topological polar surface area (TPSA) is 95.8 Å². The van der Waals surface area contributed by atoms with E-state index >= 15 is 0 Å². The monoisotopic (exact) mass is 478 g/mol. The number of imidazole rings is 2. The van der Waals surface area contributed by atoms with Gasteiger partial charge in [0.1, 0.15) is 0 Å². The quantitative estimate of drug-likeness (QED) is 0.394. The Morgan fingerprint density at radius 3 is 2.46 bits per heavy atom. The van der Waals surface area contributed by atoms with Gasteiger partial charge >= 0.3 is 11.7 Å². The summed E-state index contributed by atoms with van der Waals surface area (Å²) < 4.78 is 11.5. The highest BCUT2D eigenvalue weighted by Crippen LogP contribution is 2.21. The first kappa shape index (κ1) is 23.1. The number of benzene rings is 1. The van der Waals surface area contributed by atoms with Crippen molar-refractivity contribution in [2.24, 2.45) is 7.05 Å². The lowest BCUT2D eigenvalue weighted by Gasteiger charge is -2.26. The van der Waals surface area contributed by atoms with E-state index in [2.05, 4.69) is 9.88 Å². The number of carbonyl (C=O) groups excluding carboxylic acids is 1. The molecule has 1 aliphatic heterocycles. The molecule has 1 saturated heterocycles. The number of aryl methyl sites for hydroxylation is 2. The highest BCUT2D eigenvalue weighted by molar-refractivity contribution is 5.89. The van der Waals surface area contributed by atoms with E-state index in [1.54, 1.807) is 30.5 Å². The molecule has 0 N–H and O–H groups in total. The number of nitrogens with zero attached hydrogens (tertiary/aromatic N) is 6. The molecule has 0 amide bonds. The maximum Gasteiger partial charge on any atom is 0.338 e. The Balaban J connectivity index is 1.58. The number of rotatable bonds is 6. The van der Waals surface area contributed by atoms with E-state index in [0.717, 1.165) is 37.3 Å². The Morgan fingerprint density at radius 1 is 1.06 bits per heavy atom. The Kier molecular flexibility index (Phi) is 6.06. The van der Waals surface area contributed by atoms with Crippen LogP contribution in [0.2, 0.25) is 0 Å². The fourth-order valence-electron chi connectivity index (χ4n) is 4.91. The third kappa shape index (κ3) is 3.97. The molecular weight excluding hydrogens is 448 g/mol. The Hall–Kier alpha value is -3.66. The van der Waals surface area contributed by atoms with Gasteiger partial charge < -0.3 is 9.64 Å². The highest BCUT2D eigenvalue weighted by Gasteiger charge is 2.21. The summed E-state index contributed by atoms with van der Waals surface area (Å²) in [4.78, 5) is 45.6. The SMILES string of the molecule is CCOC(=O)c1ccc(-n2c(C)cn3c4c(=O)n(CCN5CCCCC5)c(=O)n(C)c4nc23)cc1. The van der Waals surface area contributed by atoms with Crippen LogP contribution >= 0.6 is 0 Å². The van der Waals surface area contributed by atoms with Crippen LogP contribution in [0.15, 0.2) is 40.1 Å². The van der Waals surface area contributed by atoms with Gasteiger partial charge in [0.25, 0.3) is 5.56 Å². The molecule has 4 aromatic rings. The van der Waals surface area contributed by atoms with Crippen molar-refractivity contribution in [2.45, 2.75) is 39.7 Å². The number of hydrogen-bond donors (Lipinski definition) is 0. The predicted octanol–water partition coefficient (Wildman–Crippen LogP) is 2.11. The number of piperidine rings is 1. The summed E-state index contributed by atoms with van der Waals surface area (Å²) >= 11 is 0. The van der Waals surface area contributed by atoms with Gasteiger partial charge in [-0.3, -0.25) is 22.9 Å². The van der Waals surface area contributed by atoms with Crippen molar-refractivity contribution >= 4 is 22.9 Å². The number of esters is 1. The number of aromatic nitrogens is 5. The van der Waals surface area contributed by atoms with E-state index in [1.807, 2.05) is 29.8 Å². The summed E-state index contributed by atoms with van der Waals surface area (Å²) in [5.41, 5.74) is 2.16. The van der Waals surface area contributed by atoms with E-state index < -0.39 is 0 Å². The number of ether oxygens (including phenoxy) is 1. The van der Waals surface area contributed by atoms with E-state index in [-0.39, 0.29) is 17.2 Å². The molecule has 0 radical (unpaired) electrons. The molecular formula is C25H30N6O4. The summed E-state index contributed by atoms with van der Waals surface area (Å²) in [5.74, 6) is 0.155. The molecule has 184 valence electrons. The molecule has 0 saturated carbocycles. The number of fused-ring (bicyclic) bond motifs is 3. The maximum atomic E-state index is 13.5. The molecule has 3 aromatic heterocycles. The van der Waals surface area contributed by atoms with Crippen LogP contribution in [0, 0.1) is 6.92 Å². The van der Waals surface area contributed by atoms with Gasteiger partial charge in [-0.15, -0.1) is 0 Å². The summed E-state index contributed by atoms with van der Waals surface area (Å²) in [6, 6.07) is 7.04. The molecule has 0 aliphatic carbocycles. The molecule has 1 aromatic carbocycles. The fraction of sp³-hybridized carbons (Fsp3) is 0.440. The van der Waals surface area contributed by atoms with E-state index in [9.17, 15) is 14.4 Å². The van der Waals surface area contributed by atoms with Crippen molar-refractivity contribution < 1.29 is 9.53 Å². The van der Waals surface area contributed by atoms with Crippen LogP contribution in [-0.4, -0.2) is 60.2 Å². The third-order valence-corrected chi connectivity index (χ3v) is 6.75. The molecule has 10 nitrogen and oxygen atoms in total. The normalized spacial score (nSPS) is 14.7. The average Bonchev–Trinajstić information content (AvgIpc) is 3.38. The minimum absolute atomic E-state index is 0.312. The van der Waals surface area contributed by atoms with Gasteiger partial charge in [-0.2, -0.15) is 4.98 Å². The summed E-state index contributed by atoms with van der Waals surface area (Å²) in [5, 5.41) is 0. The van der Waals surface area contributed by atoms with Crippen LogP contribution in [0.3, 0.4) is 0 Å². The Bertz CT molecular complexity index is 1520. The molecule has 5 rings (SSSR count). The van der Waals surface area contributed by atoms with Crippen LogP contribution in [0.4, 0.5) is 0 Å². The number of carbonyl (C=O) groups is 1. The molecule has 4 heterocycles. The molecule has 1 fully saturated rings. The minimum atomic E-state index is -0.375. The second kappa shape index (κ2) is 9.18. The van der Waals surface area contributed by atoms with Crippen LogP contribution in [0.25, 0.3) is 22.6 Å².